The largest absolute Gasteiger partial charge is 0.460 e. The van der Waals surface area contributed by atoms with E-state index in [2.05, 4.69) is 0 Å². The third kappa shape index (κ3) is 0.997. The molecule has 0 aromatic heterocycles. The fourth-order valence-electron chi connectivity index (χ4n) is 0.813. The van der Waals surface area contributed by atoms with Gasteiger partial charge < -0.3 is 4.74 Å². The molecule has 0 saturated carbocycles. The number of carbonyl (C=O) groups is 1. The lowest BCUT2D eigenvalue weighted by molar-refractivity contribution is -0.145. The maximum absolute atomic E-state index is 10.4. The van der Waals surface area contributed by atoms with Crippen molar-refractivity contribution in [2.45, 2.75) is 32.3 Å². The van der Waals surface area contributed by atoms with Crippen LogP contribution in [0.25, 0.3) is 0 Å². The van der Waals surface area contributed by atoms with Gasteiger partial charge in [0.2, 0.25) is 0 Å². The molecule has 0 spiro atoms. The van der Waals surface area contributed by atoms with Gasteiger partial charge in [-0.15, -0.1) is 0 Å². The number of hydrogen-bond acceptors (Lipinski definition) is 2. The second kappa shape index (κ2) is 1.47. The smallest absolute Gasteiger partial charge is 0.306 e. The standard InChI is InChI=1S/C6H10O2/c1-6(2)4-3-5(7)8-6/h3-4H2,1-2H3. The molecule has 1 heterocycles. The maximum atomic E-state index is 10.4. The SMILES string of the molecule is CC1(C)CCC(=O)O1. The molecule has 0 aliphatic carbocycles. The van der Waals surface area contributed by atoms with Crippen LogP contribution in [0.4, 0.5) is 0 Å². The minimum absolute atomic E-state index is 0.0602. The molecule has 0 unspecified atom stereocenters. The average molecular weight is 114 g/mol. The van der Waals surface area contributed by atoms with Gasteiger partial charge in [0.25, 0.3) is 0 Å². The Labute approximate surface area is 48.8 Å². The number of hydrogen-bond donors (Lipinski definition) is 0. The van der Waals surface area contributed by atoms with Gasteiger partial charge in [-0.2, -0.15) is 0 Å². The van der Waals surface area contributed by atoms with E-state index in [0.29, 0.717) is 6.42 Å². The lowest BCUT2D eigenvalue weighted by Gasteiger charge is -2.14. The molecule has 2 heteroatoms. The van der Waals surface area contributed by atoms with Gasteiger partial charge in [-0.25, -0.2) is 0 Å². The van der Waals surface area contributed by atoms with Crippen molar-refractivity contribution in [3.05, 3.63) is 0 Å². The number of cyclic esters (lactones) is 1. The molecule has 1 aliphatic rings. The molecule has 46 valence electrons. The summed E-state index contributed by atoms with van der Waals surface area (Å²) >= 11 is 0. The molecule has 2 nitrogen and oxygen atoms in total. The fraction of sp³-hybridized carbons (Fsp3) is 0.833. The zero-order valence-corrected chi connectivity index (χ0v) is 5.23. The number of carbonyl (C=O) groups excluding carboxylic acids is 1. The fourth-order valence-corrected chi connectivity index (χ4v) is 0.813. The molecule has 0 aromatic carbocycles. The van der Waals surface area contributed by atoms with Crippen molar-refractivity contribution in [2.24, 2.45) is 0 Å². The molecular weight excluding hydrogens is 104 g/mol. The highest BCUT2D eigenvalue weighted by Gasteiger charge is 2.30. The predicted molar refractivity (Wildman–Crippen MR) is 29.4 cm³/mol. The lowest BCUT2D eigenvalue weighted by atomic mass is 10.1. The summed E-state index contributed by atoms with van der Waals surface area (Å²) in [6.07, 6.45) is 1.46. The summed E-state index contributed by atoms with van der Waals surface area (Å²) in [6.45, 7) is 3.86. The van der Waals surface area contributed by atoms with Crippen molar-refractivity contribution >= 4 is 5.97 Å². The molecule has 1 rings (SSSR count). The topological polar surface area (TPSA) is 26.3 Å². The zero-order chi connectivity index (χ0) is 6.20. The number of ether oxygens (including phenoxy) is 1. The van der Waals surface area contributed by atoms with Crippen LogP contribution in [0, 0.1) is 0 Å². The molecule has 1 fully saturated rings. The van der Waals surface area contributed by atoms with Crippen LogP contribution in [0.2, 0.25) is 0 Å². The second-order valence-corrected chi connectivity index (χ2v) is 2.73. The third-order valence-electron chi connectivity index (χ3n) is 1.32. The highest BCUT2D eigenvalue weighted by atomic mass is 16.6. The van der Waals surface area contributed by atoms with Crippen molar-refractivity contribution < 1.29 is 9.53 Å². The first-order valence-electron chi connectivity index (χ1n) is 2.82. The van der Waals surface area contributed by atoms with Crippen LogP contribution < -0.4 is 0 Å². The van der Waals surface area contributed by atoms with E-state index in [0.717, 1.165) is 6.42 Å². The quantitative estimate of drug-likeness (QED) is 0.441. The molecule has 1 aliphatic heterocycles. The summed E-state index contributed by atoms with van der Waals surface area (Å²) in [6, 6.07) is 0. The number of rotatable bonds is 0. The molecule has 0 amide bonds. The Morgan fingerprint density at radius 1 is 1.62 bits per heavy atom. The Morgan fingerprint density at radius 2 is 2.25 bits per heavy atom. The Balaban J connectivity index is 2.56. The van der Waals surface area contributed by atoms with E-state index in [1.54, 1.807) is 0 Å². The molecule has 0 bridgehead atoms. The van der Waals surface area contributed by atoms with Crippen molar-refractivity contribution in [3.63, 3.8) is 0 Å². The summed E-state index contributed by atoms with van der Waals surface area (Å²) < 4.78 is 4.91. The zero-order valence-electron chi connectivity index (χ0n) is 5.23. The summed E-state index contributed by atoms with van der Waals surface area (Å²) in [5.41, 5.74) is -0.183. The van der Waals surface area contributed by atoms with Crippen LogP contribution in [0.5, 0.6) is 0 Å². The molecule has 0 atom stereocenters. The summed E-state index contributed by atoms with van der Waals surface area (Å²) in [5.74, 6) is -0.0602. The highest BCUT2D eigenvalue weighted by Crippen LogP contribution is 2.24. The second-order valence-electron chi connectivity index (χ2n) is 2.73. The number of esters is 1. The first kappa shape index (κ1) is 5.60. The Bertz CT molecular complexity index is 116. The van der Waals surface area contributed by atoms with Crippen LogP contribution in [0.3, 0.4) is 0 Å². The minimum atomic E-state index is -0.183. The van der Waals surface area contributed by atoms with Gasteiger partial charge in [0, 0.05) is 6.42 Å². The molecule has 0 aromatic rings. The van der Waals surface area contributed by atoms with E-state index in [9.17, 15) is 4.79 Å². The molecule has 0 N–H and O–H groups in total. The average Bonchev–Trinajstić information content (AvgIpc) is 1.82. The minimum Gasteiger partial charge on any atom is -0.460 e. The van der Waals surface area contributed by atoms with E-state index in [4.69, 9.17) is 4.74 Å². The van der Waals surface area contributed by atoms with E-state index in [-0.39, 0.29) is 11.6 Å². The van der Waals surface area contributed by atoms with E-state index in [1.807, 2.05) is 13.8 Å². The molecule has 0 radical (unpaired) electrons. The molecule has 1 saturated heterocycles. The first-order chi connectivity index (χ1) is 3.60. The van der Waals surface area contributed by atoms with Gasteiger partial charge in [0.05, 0.1) is 0 Å². The van der Waals surface area contributed by atoms with Gasteiger partial charge in [-0.1, -0.05) is 0 Å². The van der Waals surface area contributed by atoms with Gasteiger partial charge in [0.15, 0.2) is 0 Å². The van der Waals surface area contributed by atoms with Crippen LogP contribution in [0.1, 0.15) is 26.7 Å². The summed E-state index contributed by atoms with van der Waals surface area (Å²) in [5, 5.41) is 0. The lowest BCUT2D eigenvalue weighted by Crippen LogP contribution is -2.17. The maximum Gasteiger partial charge on any atom is 0.306 e. The van der Waals surface area contributed by atoms with Gasteiger partial charge >= 0.3 is 5.97 Å². The van der Waals surface area contributed by atoms with Crippen LogP contribution in [0.15, 0.2) is 0 Å². The van der Waals surface area contributed by atoms with Crippen LogP contribution >= 0.6 is 0 Å². The van der Waals surface area contributed by atoms with E-state index in [1.165, 1.54) is 0 Å². The molecular formula is C6H10O2. The normalized spacial score (nSPS) is 25.5. The van der Waals surface area contributed by atoms with Gasteiger partial charge in [0.1, 0.15) is 5.60 Å². The summed E-state index contributed by atoms with van der Waals surface area (Å²) in [4.78, 5) is 10.4. The summed E-state index contributed by atoms with van der Waals surface area (Å²) in [7, 11) is 0. The van der Waals surface area contributed by atoms with Gasteiger partial charge in [-0.3, -0.25) is 4.79 Å². The Morgan fingerprint density at radius 3 is 2.38 bits per heavy atom. The van der Waals surface area contributed by atoms with Gasteiger partial charge in [-0.05, 0) is 20.3 Å². The monoisotopic (exact) mass is 114 g/mol. The van der Waals surface area contributed by atoms with E-state index >= 15 is 0 Å². The van der Waals surface area contributed by atoms with E-state index < -0.39 is 0 Å². The van der Waals surface area contributed by atoms with Crippen molar-refractivity contribution in [1.82, 2.24) is 0 Å². The first-order valence-corrected chi connectivity index (χ1v) is 2.82. The predicted octanol–water partition coefficient (Wildman–Crippen LogP) is 1.10. The van der Waals surface area contributed by atoms with Crippen molar-refractivity contribution in [1.29, 1.82) is 0 Å². The molecule has 8 heavy (non-hydrogen) atoms. The van der Waals surface area contributed by atoms with Crippen LogP contribution in [-0.2, 0) is 9.53 Å². The van der Waals surface area contributed by atoms with Crippen molar-refractivity contribution in [3.8, 4) is 0 Å². The third-order valence-corrected chi connectivity index (χ3v) is 1.32. The Hall–Kier alpha value is -0.530. The van der Waals surface area contributed by atoms with Crippen molar-refractivity contribution in [2.75, 3.05) is 0 Å². The van der Waals surface area contributed by atoms with Crippen LogP contribution in [-0.4, -0.2) is 11.6 Å². The Kier molecular flexibility index (Phi) is 1.03. The highest BCUT2D eigenvalue weighted by molar-refractivity contribution is 5.72.